The largest absolute Gasteiger partial charge is 0.367 e. The number of piperazine rings is 1. The van der Waals surface area contributed by atoms with Crippen LogP contribution in [-0.4, -0.2) is 43.6 Å². The van der Waals surface area contributed by atoms with Gasteiger partial charge in [0.05, 0.1) is 10.7 Å². The number of benzene rings is 1. The van der Waals surface area contributed by atoms with Crippen molar-refractivity contribution in [2.24, 2.45) is 10.8 Å². The van der Waals surface area contributed by atoms with Crippen molar-refractivity contribution in [1.82, 2.24) is 10.3 Å². The van der Waals surface area contributed by atoms with E-state index in [1.54, 1.807) is 0 Å². The molecule has 0 radical (unpaired) electrons. The normalized spacial score (nSPS) is 16.4. The standard InChI is InChI=1S/C14H22ClN5/c1-2-7-17-14(18-16)20-10-8-19(9-11-20)13-6-4-3-5-12(13)15/h3-6H,2,7-11,16H2,1H3,(H,17,18). The average molecular weight is 296 g/mol. The number of rotatable bonds is 3. The lowest BCUT2D eigenvalue weighted by atomic mass is 10.2. The van der Waals surface area contributed by atoms with Gasteiger partial charge in [0, 0.05) is 32.7 Å². The van der Waals surface area contributed by atoms with E-state index in [2.05, 4.69) is 33.2 Å². The molecule has 0 saturated carbocycles. The van der Waals surface area contributed by atoms with E-state index in [0.717, 1.165) is 55.8 Å². The number of aliphatic imine (C=N–C) groups is 1. The number of guanidine groups is 1. The number of nitrogens with two attached hydrogens (primary N) is 1. The maximum atomic E-state index is 6.24. The SMILES string of the molecule is CCCN=C(NN)N1CCN(c2ccccc2Cl)CC1. The molecule has 1 aliphatic heterocycles. The van der Waals surface area contributed by atoms with Crippen LogP contribution in [0.4, 0.5) is 5.69 Å². The Morgan fingerprint density at radius 1 is 1.30 bits per heavy atom. The van der Waals surface area contributed by atoms with Crippen LogP contribution in [0.15, 0.2) is 29.3 Å². The monoisotopic (exact) mass is 295 g/mol. The molecule has 2 rings (SSSR count). The van der Waals surface area contributed by atoms with E-state index in [1.165, 1.54) is 0 Å². The molecule has 1 aromatic rings. The summed E-state index contributed by atoms with van der Waals surface area (Å²) in [6, 6.07) is 7.96. The molecule has 0 unspecified atom stereocenters. The number of hydrogen-bond donors (Lipinski definition) is 2. The number of nitrogens with one attached hydrogen (secondary N) is 1. The highest BCUT2D eigenvalue weighted by Crippen LogP contribution is 2.25. The molecule has 3 N–H and O–H groups in total. The summed E-state index contributed by atoms with van der Waals surface area (Å²) in [4.78, 5) is 8.94. The molecule has 0 atom stereocenters. The molecular formula is C14H22ClN5. The van der Waals surface area contributed by atoms with Crippen molar-refractivity contribution >= 4 is 23.2 Å². The van der Waals surface area contributed by atoms with Gasteiger partial charge >= 0.3 is 0 Å². The van der Waals surface area contributed by atoms with Crippen LogP contribution in [0, 0.1) is 0 Å². The molecule has 20 heavy (non-hydrogen) atoms. The lowest BCUT2D eigenvalue weighted by molar-refractivity contribution is 0.372. The fourth-order valence-corrected chi connectivity index (χ4v) is 2.58. The molecule has 1 aliphatic rings. The Morgan fingerprint density at radius 2 is 2.00 bits per heavy atom. The zero-order valence-electron chi connectivity index (χ0n) is 11.8. The van der Waals surface area contributed by atoms with Crippen molar-refractivity contribution in [3.63, 3.8) is 0 Å². The van der Waals surface area contributed by atoms with E-state index in [9.17, 15) is 0 Å². The lowest BCUT2D eigenvalue weighted by Crippen LogP contribution is -2.54. The molecule has 1 aromatic carbocycles. The minimum Gasteiger partial charge on any atom is -0.367 e. The van der Waals surface area contributed by atoms with Crippen LogP contribution >= 0.6 is 11.6 Å². The predicted octanol–water partition coefficient (Wildman–Crippen LogP) is 1.69. The van der Waals surface area contributed by atoms with Gasteiger partial charge in [-0.25, -0.2) is 5.84 Å². The summed E-state index contributed by atoms with van der Waals surface area (Å²) in [6.45, 7) is 6.50. The van der Waals surface area contributed by atoms with Gasteiger partial charge in [-0.3, -0.25) is 10.4 Å². The minimum atomic E-state index is 0.783. The summed E-state index contributed by atoms with van der Waals surface area (Å²) >= 11 is 6.24. The molecule has 6 heteroatoms. The molecule has 1 fully saturated rings. The Morgan fingerprint density at radius 3 is 2.60 bits per heavy atom. The third-order valence-electron chi connectivity index (χ3n) is 3.39. The first-order chi connectivity index (χ1) is 9.76. The van der Waals surface area contributed by atoms with Gasteiger partial charge < -0.3 is 9.80 Å². The van der Waals surface area contributed by atoms with Crippen LogP contribution in [0.25, 0.3) is 0 Å². The maximum Gasteiger partial charge on any atom is 0.208 e. The van der Waals surface area contributed by atoms with Gasteiger partial charge in [-0.15, -0.1) is 0 Å². The fraction of sp³-hybridized carbons (Fsp3) is 0.500. The first-order valence-corrected chi connectivity index (χ1v) is 7.39. The van der Waals surface area contributed by atoms with E-state index in [0.29, 0.717) is 0 Å². The zero-order chi connectivity index (χ0) is 14.4. The van der Waals surface area contributed by atoms with E-state index in [-0.39, 0.29) is 0 Å². The van der Waals surface area contributed by atoms with Gasteiger partial charge in [-0.05, 0) is 18.6 Å². The van der Waals surface area contributed by atoms with Gasteiger partial charge in [-0.2, -0.15) is 0 Å². The molecular weight excluding hydrogens is 274 g/mol. The van der Waals surface area contributed by atoms with E-state index >= 15 is 0 Å². The second-order valence-electron chi connectivity index (χ2n) is 4.78. The summed E-state index contributed by atoms with van der Waals surface area (Å²) < 4.78 is 0. The van der Waals surface area contributed by atoms with Crippen molar-refractivity contribution in [1.29, 1.82) is 0 Å². The highest BCUT2D eigenvalue weighted by atomic mass is 35.5. The molecule has 0 bridgehead atoms. The number of anilines is 1. The Labute approximate surface area is 125 Å². The molecule has 0 aromatic heterocycles. The highest BCUT2D eigenvalue weighted by Gasteiger charge is 2.20. The predicted molar refractivity (Wildman–Crippen MR) is 85.2 cm³/mol. The van der Waals surface area contributed by atoms with E-state index in [1.807, 2.05) is 18.2 Å². The zero-order valence-corrected chi connectivity index (χ0v) is 12.6. The summed E-state index contributed by atoms with van der Waals surface area (Å²) in [5.74, 6) is 6.34. The van der Waals surface area contributed by atoms with Crippen LogP contribution < -0.4 is 16.2 Å². The Balaban J connectivity index is 1.97. The van der Waals surface area contributed by atoms with Crippen LogP contribution in [0.3, 0.4) is 0 Å². The van der Waals surface area contributed by atoms with Gasteiger partial charge in [0.15, 0.2) is 0 Å². The van der Waals surface area contributed by atoms with Crippen LogP contribution in [-0.2, 0) is 0 Å². The van der Waals surface area contributed by atoms with Crippen LogP contribution in [0.5, 0.6) is 0 Å². The Hall–Kier alpha value is -1.46. The van der Waals surface area contributed by atoms with Crippen molar-refractivity contribution in [2.45, 2.75) is 13.3 Å². The van der Waals surface area contributed by atoms with Crippen molar-refractivity contribution in [2.75, 3.05) is 37.6 Å². The molecule has 0 amide bonds. The van der Waals surface area contributed by atoms with Crippen molar-refractivity contribution < 1.29 is 0 Å². The molecule has 110 valence electrons. The third kappa shape index (κ3) is 3.55. The number of halogens is 1. The van der Waals surface area contributed by atoms with Crippen LogP contribution in [0.1, 0.15) is 13.3 Å². The van der Waals surface area contributed by atoms with E-state index < -0.39 is 0 Å². The smallest absolute Gasteiger partial charge is 0.208 e. The van der Waals surface area contributed by atoms with Crippen molar-refractivity contribution in [3.8, 4) is 0 Å². The summed E-state index contributed by atoms with van der Waals surface area (Å²) in [6.07, 6.45) is 1.02. The van der Waals surface area contributed by atoms with Crippen LogP contribution in [0.2, 0.25) is 5.02 Å². The Bertz CT molecular complexity index is 455. The molecule has 1 saturated heterocycles. The maximum absolute atomic E-state index is 6.24. The number of hydrogen-bond acceptors (Lipinski definition) is 3. The number of para-hydroxylation sites is 1. The van der Waals surface area contributed by atoms with E-state index in [4.69, 9.17) is 17.4 Å². The molecule has 1 heterocycles. The molecule has 5 nitrogen and oxygen atoms in total. The summed E-state index contributed by atoms with van der Waals surface area (Å²) in [5.41, 5.74) is 3.80. The van der Waals surface area contributed by atoms with Gasteiger partial charge in [-0.1, -0.05) is 30.7 Å². The molecule has 0 spiro atoms. The topological polar surface area (TPSA) is 56.9 Å². The number of nitrogens with zero attached hydrogens (tertiary/aromatic N) is 3. The van der Waals surface area contributed by atoms with Crippen molar-refractivity contribution in [3.05, 3.63) is 29.3 Å². The Kier molecular flexibility index (Phi) is 5.49. The first kappa shape index (κ1) is 14.9. The van der Waals surface area contributed by atoms with Gasteiger partial charge in [0.1, 0.15) is 0 Å². The number of hydrazine groups is 1. The fourth-order valence-electron chi connectivity index (χ4n) is 2.32. The first-order valence-electron chi connectivity index (χ1n) is 7.01. The second-order valence-corrected chi connectivity index (χ2v) is 5.18. The van der Waals surface area contributed by atoms with Gasteiger partial charge in [0.25, 0.3) is 0 Å². The lowest BCUT2D eigenvalue weighted by Gasteiger charge is -2.37. The highest BCUT2D eigenvalue weighted by molar-refractivity contribution is 6.33. The van der Waals surface area contributed by atoms with Gasteiger partial charge in [0.2, 0.25) is 5.96 Å². The minimum absolute atomic E-state index is 0.783. The average Bonchev–Trinajstić information content (AvgIpc) is 2.49. The quantitative estimate of drug-likeness (QED) is 0.386. The second kappa shape index (κ2) is 7.36. The molecule has 0 aliphatic carbocycles. The summed E-state index contributed by atoms with van der Waals surface area (Å²) in [7, 11) is 0. The third-order valence-corrected chi connectivity index (χ3v) is 3.71. The summed E-state index contributed by atoms with van der Waals surface area (Å²) in [5, 5.41) is 0.803.